The Morgan fingerprint density at radius 2 is 1.97 bits per heavy atom. The molecular weight excluding hydrogens is 390 g/mol. The predicted octanol–water partition coefficient (Wildman–Crippen LogP) is 3.46. The number of hydrogen-bond donors (Lipinski definition) is 1. The van der Waals surface area contributed by atoms with E-state index in [2.05, 4.69) is 0 Å². The minimum absolute atomic E-state index is 0.0710. The first-order chi connectivity index (χ1) is 13.8. The molecule has 6 nitrogen and oxygen atoms in total. The van der Waals surface area contributed by atoms with Gasteiger partial charge in [-0.2, -0.15) is 0 Å². The van der Waals surface area contributed by atoms with Crippen LogP contribution in [0.5, 0.6) is 0 Å². The van der Waals surface area contributed by atoms with Crippen molar-refractivity contribution in [3.63, 3.8) is 0 Å². The first kappa shape index (κ1) is 19.8. The number of aliphatic hydroxyl groups excluding tert-OH is 1. The lowest BCUT2D eigenvalue weighted by Gasteiger charge is -2.29. The van der Waals surface area contributed by atoms with Gasteiger partial charge in [-0.05, 0) is 32.2 Å². The summed E-state index contributed by atoms with van der Waals surface area (Å²) in [6, 6.07) is 10.3. The highest BCUT2D eigenvalue weighted by atomic mass is 32.1. The predicted molar refractivity (Wildman–Crippen MR) is 109 cm³/mol. The van der Waals surface area contributed by atoms with Crippen molar-refractivity contribution < 1.29 is 24.2 Å². The van der Waals surface area contributed by atoms with E-state index in [1.165, 1.54) is 16.2 Å². The summed E-state index contributed by atoms with van der Waals surface area (Å²) in [5, 5.41) is 12.9. The molecule has 1 N–H and O–H groups in total. The quantitative estimate of drug-likeness (QED) is 0.472. The fourth-order valence-corrected chi connectivity index (χ4v) is 4.48. The highest BCUT2D eigenvalue weighted by Crippen LogP contribution is 2.37. The first-order valence-electron chi connectivity index (χ1n) is 9.46. The van der Waals surface area contributed by atoms with Gasteiger partial charge in [0.25, 0.3) is 11.7 Å². The summed E-state index contributed by atoms with van der Waals surface area (Å²) in [5.74, 6) is -2.34. The summed E-state index contributed by atoms with van der Waals surface area (Å²) < 4.78 is 11.7. The largest absolute Gasteiger partial charge is 0.507 e. The zero-order chi connectivity index (χ0) is 20.8. The molecule has 2 unspecified atom stereocenters. The van der Waals surface area contributed by atoms with Crippen molar-refractivity contribution in [2.45, 2.75) is 45.2 Å². The molecule has 2 atom stereocenters. The minimum Gasteiger partial charge on any atom is -0.507 e. The van der Waals surface area contributed by atoms with E-state index in [-0.39, 0.29) is 24.5 Å². The first-order valence-corrected chi connectivity index (χ1v) is 10.3. The summed E-state index contributed by atoms with van der Waals surface area (Å²) >= 11 is 1.51. The molecular formula is C22H23NO5S. The number of amides is 1. The van der Waals surface area contributed by atoms with Crippen LogP contribution in [0.3, 0.4) is 0 Å². The van der Waals surface area contributed by atoms with E-state index in [4.69, 9.17) is 9.47 Å². The highest BCUT2D eigenvalue weighted by Gasteiger charge is 2.52. The number of carbonyl (C=O) groups is 2. The Labute approximate surface area is 173 Å². The van der Waals surface area contributed by atoms with Gasteiger partial charge < -0.3 is 19.5 Å². The lowest BCUT2D eigenvalue weighted by molar-refractivity contribution is -0.149. The van der Waals surface area contributed by atoms with Gasteiger partial charge in [-0.3, -0.25) is 9.59 Å². The van der Waals surface area contributed by atoms with Gasteiger partial charge in [-0.25, -0.2) is 0 Å². The Hall–Kier alpha value is -2.48. The number of Topliss-reactive ketones (excluding diaryl/α,β-unsaturated/α-hetero) is 1. The van der Waals surface area contributed by atoms with Gasteiger partial charge in [0.05, 0.1) is 24.8 Å². The van der Waals surface area contributed by atoms with Gasteiger partial charge >= 0.3 is 0 Å². The number of benzene rings is 1. The third kappa shape index (κ3) is 3.73. The molecule has 2 aliphatic rings. The molecule has 0 bridgehead atoms. The molecule has 2 aliphatic heterocycles. The second-order valence-electron chi connectivity index (χ2n) is 7.78. The van der Waals surface area contributed by atoms with E-state index in [1.807, 2.05) is 36.6 Å². The zero-order valence-electron chi connectivity index (χ0n) is 16.5. The molecule has 7 heteroatoms. The molecule has 1 aromatic heterocycles. The average molecular weight is 413 g/mol. The van der Waals surface area contributed by atoms with E-state index in [9.17, 15) is 14.7 Å². The van der Waals surface area contributed by atoms with E-state index < -0.39 is 29.6 Å². The number of thiophene rings is 1. The number of ether oxygens (including phenoxy) is 2. The van der Waals surface area contributed by atoms with Crippen molar-refractivity contribution in [1.29, 1.82) is 0 Å². The molecule has 29 heavy (non-hydrogen) atoms. The maximum atomic E-state index is 13.0. The molecule has 1 aromatic carbocycles. The van der Waals surface area contributed by atoms with Gasteiger partial charge in [0.15, 0.2) is 5.79 Å². The Balaban J connectivity index is 1.79. The topological polar surface area (TPSA) is 76.1 Å². The third-order valence-electron chi connectivity index (χ3n) is 5.20. The molecule has 0 radical (unpaired) electrons. The smallest absolute Gasteiger partial charge is 0.295 e. The highest BCUT2D eigenvalue weighted by molar-refractivity contribution is 7.09. The van der Waals surface area contributed by atoms with Crippen molar-refractivity contribution in [3.05, 3.63) is 63.4 Å². The number of nitrogens with zero attached hydrogens (tertiary/aromatic N) is 1. The summed E-state index contributed by atoms with van der Waals surface area (Å²) in [6.45, 7) is 6.02. The number of carbonyl (C=O) groups excluding carboxylic acids is 2. The second-order valence-corrected chi connectivity index (χ2v) is 8.81. The zero-order valence-corrected chi connectivity index (χ0v) is 17.4. The monoisotopic (exact) mass is 413 g/mol. The van der Waals surface area contributed by atoms with Gasteiger partial charge in [0, 0.05) is 10.4 Å². The molecule has 1 amide bonds. The molecule has 152 valence electrons. The lowest BCUT2D eigenvalue weighted by Crippen LogP contribution is -2.43. The van der Waals surface area contributed by atoms with Gasteiger partial charge in [0.1, 0.15) is 11.9 Å². The number of aliphatic hydroxyl groups is 1. The average Bonchev–Trinajstić information content (AvgIpc) is 3.37. The molecule has 4 rings (SSSR count). The Morgan fingerprint density at radius 3 is 2.55 bits per heavy atom. The molecule has 3 heterocycles. The fraction of sp³-hybridized carbons (Fsp3) is 0.364. The normalized spacial score (nSPS) is 25.7. The maximum absolute atomic E-state index is 13.0. The van der Waals surface area contributed by atoms with E-state index in [1.54, 1.807) is 26.0 Å². The van der Waals surface area contributed by atoms with Crippen LogP contribution in [0.15, 0.2) is 47.4 Å². The Morgan fingerprint density at radius 1 is 1.24 bits per heavy atom. The molecule has 0 aliphatic carbocycles. The summed E-state index contributed by atoms with van der Waals surface area (Å²) in [6.07, 6.45) is -0.553. The Bertz CT molecular complexity index is 962. The maximum Gasteiger partial charge on any atom is 0.295 e. The number of rotatable bonds is 4. The fourth-order valence-electron chi connectivity index (χ4n) is 3.77. The van der Waals surface area contributed by atoms with Gasteiger partial charge in [-0.1, -0.05) is 35.9 Å². The van der Waals surface area contributed by atoms with Crippen molar-refractivity contribution in [3.8, 4) is 0 Å². The minimum atomic E-state index is -0.821. The van der Waals surface area contributed by atoms with Crippen LogP contribution in [0.1, 0.15) is 29.9 Å². The van der Waals surface area contributed by atoms with Crippen LogP contribution < -0.4 is 0 Å². The summed E-state index contributed by atoms with van der Waals surface area (Å²) in [7, 11) is 0. The summed E-state index contributed by atoms with van der Waals surface area (Å²) in [5.41, 5.74) is 1.60. The number of ketones is 1. The van der Waals surface area contributed by atoms with Crippen LogP contribution in [0.25, 0.3) is 5.76 Å². The van der Waals surface area contributed by atoms with Crippen molar-refractivity contribution in [1.82, 2.24) is 4.90 Å². The standard InChI is InChI=1S/C22H23NO5S/c1-13-6-8-14(9-7-13)19(24)17-18(16-12-27-22(2,3)28-16)23(21(26)20(17)25)11-15-5-4-10-29-15/h4-10,16,18,24H,11-12H2,1-3H3/b19-17+. The second kappa shape index (κ2) is 7.40. The van der Waals surface area contributed by atoms with Crippen molar-refractivity contribution in [2.24, 2.45) is 0 Å². The molecule has 2 fully saturated rings. The number of hydrogen-bond acceptors (Lipinski definition) is 6. The van der Waals surface area contributed by atoms with E-state index in [0.717, 1.165) is 10.4 Å². The van der Waals surface area contributed by atoms with Crippen LogP contribution >= 0.6 is 11.3 Å². The Kier molecular flexibility index (Phi) is 5.06. The van der Waals surface area contributed by atoms with Crippen LogP contribution in [0.4, 0.5) is 0 Å². The van der Waals surface area contributed by atoms with Gasteiger partial charge in [0.2, 0.25) is 0 Å². The van der Waals surface area contributed by atoms with E-state index >= 15 is 0 Å². The number of aryl methyl sites for hydroxylation is 1. The van der Waals surface area contributed by atoms with Crippen LogP contribution in [0.2, 0.25) is 0 Å². The molecule has 0 saturated carbocycles. The SMILES string of the molecule is Cc1ccc(/C(O)=C2\C(=O)C(=O)N(Cc3cccs3)C2C2COC(C)(C)O2)cc1. The summed E-state index contributed by atoms with van der Waals surface area (Å²) in [4.78, 5) is 28.3. The number of likely N-dealkylation sites (tertiary alicyclic amines) is 1. The molecule has 0 spiro atoms. The van der Waals surface area contributed by atoms with Crippen LogP contribution in [-0.4, -0.2) is 46.2 Å². The van der Waals surface area contributed by atoms with Gasteiger partial charge in [-0.15, -0.1) is 11.3 Å². The van der Waals surface area contributed by atoms with Crippen LogP contribution in [0, 0.1) is 6.92 Å². The van der Waals surface area contributed by atoms with E-state index in [0.29, 0.717) is 5.56 Å². The third-order valence-corrected chi connectivity index (χ3v) is 6.06. The van der Waals surface area contributed by atoms with Crippen LogP contribution in [-0.2, 0) is 25.6 Å². The molecule has 2 saturated heterocycles. The molecule has 2 aromatic rings. The lowest BCUT2D eigenvalue weighted by atomic mass is 9.97. The van der Waals surface area contributed by atoms with Crippen molar-refractivity contribution in [2.75, 3.05) is 6.61 Å². The van der Waals surface area contributed by atoms with Crippen molar-refractivity contribution >= 4 is 28.8 Å².